The van der Waals surface area contributed by atoms with Crippen LogP contribution >= 0.6 is 0 Å². The summed E-state index contributed by atoms with van der Waals surface area (Å²) in [6.07, 6.45) is 2.69. The zero-order valence-corrected chi connectivity index (χ0v) is 8.54. The van der Waals surface area contributed by atoms with Crippen molar-refractivity contribution in [3.05, 3.63) is 12.2 Å². The van der Waals surface area contributed by atoms with Crippen molar-refractivity contribution in [3.8, 4) is 0 Å². The Morgan fingerprint density at radius 3 is 2.77 bits per heavy atom. The fourth-order valence-corrected chi connectivity index (χ4v) is 1.31. The zero-order chi connectivity index (χ0) is 9.68. The molecule has 1 unspecified atom stereocenters. The van der Waals surface area contributed by atoms with Crippen molar-refractivity contribution >= 4 is 0 Å². The average molecular weight is 182 g/mol. The van der Waals surface area contributed by atoms with E-state index in [2.05, 4.69) is 41.3 Å². The molecule has 74 valence electrons. The normalized spacial score (nSPS) is 13.5. The van der Waals surface area contributed by atoms with Crippen LogP contribution in [0.4, 0.5) is 0 Å². The van der Waals surface area contributed by atoms with Gasteiger partial charge in [-0.2, -0.15) is 5.10 Å². The summed E-state index contributed by atoms with van der Waals surface area (Å²) in [5.41, 5.74) is 0. The smallest absolute Gasteiger partial charge is 0.141 e. The molecule has 0 aromatic carbocycles. The highest BCUT2D eigenvalue weighted by Gasteiger charge is 2.16. The van der Waals surface area contributed by atoms with Crippen molar-refractivity contribution in [1.82, 2.24) is 20.5 Å². The first-order chi connectivity index (χ1) is 6.25. The lowest BCUT2D eigenvalue weighted by Gasteiger charge is -2.19. The van der Waals surface area contributed by atoms with Gasteiger partial charge in [-0.15, -0.1) is 0 Å². The van der Waals surface area contributed by atoms with Gasteiger partial charge in [0.2, 0.25) is 0 Å². The van der Waals surface area contributed by atoms with Gasteiger partial charge < -0.3 is 5.32 Å². The van der Waals surface area contributed by atoms with Crippen LogP contribution in [-0.4, -0.2) is 21.7 Å². The van der Waals surface area contributed by atoms with E-state index in [1.807, 2.05) is 0 Å². The van der Waals surface area contributed by atoms with Crippen LogP contribution in [0.2, 0.25) is 0 Å². The number of aromatic nitrogens is 3. The van der Waals surface area contributed by atoms with Crippen molar-refractivity contribution in [2.75, 3.05) is 6.54 Å². The quantitative estimate of drug-likeness (QED) is 0.725. The molecule has 0 amide bonds. The standard InChI is InChI=1S/C9H18N4/c1-4-5-10-8(7(2)3)9-11-6-12-13-9/h6-8,10H,4-5H2,1-3H3,(H,11,12,13). The highest BCUT2D eigenvalue weighted by atomic mass is 15.2. The molecule has 0 fully saturated rings. The SMILES string of the molecule is CCCNC(c1ncn[nH]1)C(C)C. The van der Waals surface area contributed by atoms with Crippen molar-refractivity contribution in [1.29, 1.82) is 0 Å². The van der Waals surface area contributed by atoms with Crippen molar-refractivity contribution in [2.45, 2.75) is 33.2 Å². The molecule has 0 saturated heterocycles. The van der Waals surface area contributed by atoms with Crippen LogP contribution < -0.4 is 5.32 Å². The van der Waals surface area contributed by atoms with Crippen molar-refractivity contribution in [3.63, 3.8) is 0 Å². The Hall–Kier alpha value is -0.900. The third-order valence-electron chi connectivity index (χ3n) is 2.01. The predicted octanol–water partition coefficient (Wildman–Crippen LogP) is 1.50. The number of nitrogens with one attached hydrogen (secondary N) is 2. The lowest BCUT2D eigenvalue weighted by atomic mass is 10.0. The Balaban J connectivity index is 2.58. The highest BCUT2D eigenvalue weighted by Crippen LogP contribution is 2.16. The molecule has 1 atom stereocenters. The minimum atomic E-state index is 0.294. The van der Waals surface area contributed by atoms with Crippen molar-refractivity contribution < 1.29 is 0 Å². The number of aromatic amines is 1. The molecule has 4 nitrogen and oxygen atoms in total. The Kier molecular flexibility index (Phi) is 3.89. The van der Waals surface area contributed by atoms with E-state index in [0.29, 0.717) is 12.0 Å². The van der Waals surface area contributed by atoms with E-state index in [4.69, 9.17) is 0 Å². The molecule has 0 saturated carbocycles. The van der Waals surface area contributed by atoms with Crippen LogP contribution in [0.15, 0.2) is 6.33 Å². The molecule has 4 heteroatoms. The van der Waals surface area contributed by atoms with Gasteiger partial charge in [-0.05, 0) is 18.9 Å². The van der Waals surface area contributed by atoms with Gasteiger partial charge in [0.15, 0.2) is 0 Å². The molecule has 1 aromatic heterocycles. The molecule has 0 aliphatic carbocycles. The van der Waals surface area contributed by atoms with E-state index in [1.165, 1.54) is 0 Å². The Morgan fingerprint density at radius 1 is 1.54 bits per heavy atom. The third kappa shape index (κ3) is 2.81. The second kappa shape index (κ2) is 4.97. The number of hydrogen-bond donors (Lipinski definition) is 2. The molecule has 0 aliphatic heterocycles. The minimum Gasteiger partial charge on any atom is -0.307 e. The molecule has 0 radical (unpaired) electrons. The molecule has 1 rings (SSSR count). The Labute approximate surface area is 79.2 Å². The summed E-state index contributed by atoms with van der Waals surface area (Å²) < 4.78 is 0. The maximum atomic E-state index is 4.16. The summed E-state index contributed by atoms with van der Waals surface area (Å²) in [7, 11) is 0. The van der Waals surface area contributed by atoms with E-state index in [1.54, 1.807) is 6.33 Å². The zero-order valence-electron chi connectivity index (χ0n) is 8.54. The largest absolute Gasteiger partial charge is 0.307 e. The third-order valence-corrected chi connectivity index (χ3v) is 2.01. The molecule has 0 spiro atoms. The van der Waals surface area contributed by atoms with E-state index in [0.717, 1.165) is 18.8 Å². The van der Waals surface area contributed by atoms with Crippen molar-refractivity contribution in [2.24, 2.45) is 5.92 Å². The second-order valence-electron chi connectivity index (χ2n) is 3.55. The lowest BCUT2D eigenvalue weighted by molar-refractivity contribution is 0.396. The van der Waals surface area contributed by atoms with E-state index < -0.39 is 0 Å². The summed E-state index contributed by atoms with van der Waals surface area (Å²) >= 11 is 0. The number of H-pyrrole nitrogens is 1. The number of hydrogen-bond acceptors (Lipinski definition) is 3. The van der Waals surface area contributed by atoms with E-state index >= 15 is 0 Å². The maximum Gasteiger partial charge on any atom is 0.141 e. The molecule has 2 N–H and O–H groups in total. The van der Waals surface area contributed by atoms with Crippen LogP contribution in [0.25, 0.3) is 0 Å². The summed E-state index contributed by atoms with van der Waals surface area (Å²) in [5, 5.41) is 10.2. The molecule has 13 heavy (non-hydrogen) atoms. The van der Waals surface area contributed by atoms with Crippen LogP contribution in [-0.2, 0) is 0 Å². The topological polar surface area (TPSA) is 53.6 Å². The van der Waals surface area contributed by atoms with Gasteiger partial charge in [-0.25, -0.2) is 4.98 Å². The monoisotopic (exact) mass is 182 g/mol. The predicted molar refractivity (Wildman–Crippen MR) is 52.3 cm³/mol. The maximum absolute atomic E-state index is 4.16. The summed E-state index contributed by atoms with van der Waals surface area (Å²) in [6.45, 7) is 7.53. The molecule has 1 aromatic rings. The minimum absolute atomic E-state index is 0.294. The van der Waals surface area contributed by atoms with Gasteiger partial charge in [0.05, 0.1) is 6.04 Å². The molecule has 1 heterocycles. The van der Waals surface area contributed by atoms with Gasteiger partial charge in [0, 0.05) is 0 Å². The van der Waals surface area contributed by atoms with Gasteiger partial charge in [-0.3, -0.25) is 5.10 Å². The molecular formula is C9H18N4. The first-order valence-electron chi connectivity index (χ1n) is 4.84. The van der Waals surface area contributed by atoms with Gasteiger partial charge in [-0.1, -0.05) is 20.8 Å². The van der Waals surface area contributed by atoms with Gasteiger partial charge >= 0.3 is 0 Å². The first kappa shape index (κ1) is 10.2. The number of rotatable bonds is 5. The molecular weight excluding hydrogens is 164 g/mol. The summed E-state index contributed by atoms with van der Waals surface area (Å²) in [4.78, 5) is 4.16. The summed E-state index contributed by atoms with van der Waals surface area (Å²) in [5.74, 6) is 1.46. The Morgan fingerprint density at radius 2 is 2.31 bits per heavy atom. The van der Waals surface area contributed by atoms with Gasteiger partial charge in [0.25, 0.3) is 0 Å². The molecule has 0 aliphatic rings. The average Bonchev–Trinajstić information content (AvgIpc) is 2.57. The van der Waals surface area contributed by atoms with Crippen LogP contribution in [0, 0.1) is 5.92 Å². The first-order valence-corrected chi connectivity index (χ1v) is 4.84. The summed E-state index contributed by atoms with van der Waals surface area (Å²) in [6, 6.07) is 0.294. The van der Waals surface area contributed by atoms with E-state index in [9.17, 15) is 0 Å². The lowest BCUT2D eigenvalue weighted by Crippen LogP contribution is -2.27. The van der Waals surface area contributed by atoms with E-state index in [-0.39, 0.29) is 0 Å². The Bertz CT molecular complexity index is 218. The fraction of sp³-hybridized carbons (Fsp3) is 0.778. The van der Waals surface area contributed by atoms with Gasteiger partial charge in [0.1, 0.15) is 12.2 Å². The highest BCUT2D eigenvalue weighted by molar-refractivity contribution is 4.92. The molecule has 0 bridgehead atoms. The fourth-order valence-electron chi connectivity index (χ4n) is 1.31. The second-order valence-corrected chi connectivity index (χ2v) is 3.55. The van der Waals surface area contributed by atoms with Crippen LogP contribution in [0.3, 0.4) is 0 Å². The van der Waals surface area contributed by atoms with Crippen LogP contribution in [0.5, 0.6) is 0 Å². The van der Waals surface area contributed by atoms with Crippen LogP contribution in [0.1, 0.15) is 39.1 Å². The number of nitrogens with zero attached hydrogens (tertiary/aromatic N) is 2.